The molecule has 0 unspecified atom stereocenters. The van der Waals surface area contributed by atoms with Crippen LogP contribution in [0, 0.1) is 0 Å². The van der Waals surface area contributed by atoms with E-state index in [0.29, 0.717) is 13.1 Å². The number of H-pyrrole nitrogens is 1. The second-order valence-electron chi connectivity index (χ2n) is 5.19. The molecule has 0 atom stereocenters. The quantitative estimate of drug-likeness (QED) is 0.668. The Morgan fingerprint density at radius 2 is 2.00 bits per heavy atom. The first-order valence-corrected chi connectivity index (χ1v) is 7.22. The molecule has 2 aromatic rings. The van der Waals surface area contributed by atoms with Crippen molar-refractivity contribution >= 4 is 11.8 Å². The van der Waals surface area contributed by atoms with Gasteiger partial charge in [0.25, 0.3) is 11.8 Å². The van der Waals surface area contributed by atoms with E-state index >= 15 is 0 Å². The highest BCUT2D eigenvalue weighted by molar-refractivity contribution is 6.04. The van der Waals surface area contributed by atoms with Gasteiger partial charge in [0.15, 0.2) is 5.69 Å². The number of nitrogens with zero attached hydrogens (tertiary/aromatic N) is 3. The van der Waals surface area contributed by atoms with Crippen LogP contribution in [0.3, 0.4) is 0 Å². The number of carbonyl (C=O) groups is 2. The lowest BCUT2D eigenvalue weighted by molar-refractivity contribution is 0.0911. The van der Waals surface area contributed by atoms with Crippen LogP contribution < -0.4 is 10.6 Å². The van der Waals surface area contributed by atoms with E-state index in [2.05, 4.69) is 25.6 Å². The number of likely N-dealkylation sites (N-methyl/N-ethyl adjacent to an activating group) is 1. The highest BCUT2D eigenvalue weighted by Gasteiger charge is 2.19. The maximum Gasteiger partial charge on any atom is 0.272 e. The molecule has 0 aromatic carbocycles. The van der Waals surface area contributed by atoms with Crippen molar-refractivity contribution in [2.45, 2.75) is 6.54 Å². The predicted octanol–water partition coefficient (Wildman–Crippen LogP) is 0.0261. The lowest BCUT2D eigenvalue weighted by atomic mass is 10.2. The monoisotopic (exact) mass is 316 g/mol. The van der Waals surface area contributed by atoms with Gasteiger partial charge in [0, 0.05) is 19.3 Å². The molecular formula is C15H20N6O2. The SMILES string of the molecule is CN(C)CCNC(=O)c1nc[nH]c1C(=O)NCc1ccccn1. The zero-order chi connectivity index (χ0) is 16.7. The molecule has 2 heterocycles. The second kappa shape index (κ2) is 8.04. The van der Waals surface area contributed by atoms with E-state index in [1.54, 1.807) is 12.3 Å². The average molecular weight is 316 g/mol. The van der Waals surface area contributed by atoms with Gasteiger partial charge in [0.05, 0.1) is 18.6 Å². The summed E-state index contributed by atoms with van der Waals surface area (Å²) in [4.78, 5) is 37.0. The number of rotatable bonds is 7. The van der Waals surface area contributed by atoms with Crippen LogP contribution in [0.2, 0.25) is 0 Å². The number of carbonyl (C=O) groups excluding carboxylic acids is 2. The fraction of sp³-hybridized carbons (Fsp3) is 0.333. The second-order valence-corrected chi connectivity index (χ2v) is 5.19. The molecule has 8 nitrogen and oxygen atoms in total. The minimum atomic E-state index is -0.397. The van der Waals surface area contributed by atoms with E-state index in [-0.39, 0.29) is 23.8 Å². The van der Waals surface area contributed by atoms with Crippen LogP contribution in [0.25, 0.3) is 0 Å². The molecule has 2 rings (SSSR count). The van der Waals surface area contributed by atoms with Crippen LogP contribution in [0.4, 0.5) is 0 Å². The van der Waals surface area contributed by atoms with Crippen LogP contribution in [0.15, 0.2) is 30.7 Å². The summed E-state index contributed by atoms with van der Waals surface area (Å²) in [5.74, 6) is -0.776. The van der Waals surface area contributed by atoms with Crippen LogP contribution >= 0.6 is 0 Å². The first-order valence-electron chi connectivity index (χ1n) is 7.22. The van der Waals surface area contributed by atoms with Crippen molar-refractivity contribution in [1.29, 1.82) is 0 Å². The molecule has 23 heavy (non-hydrogen) atoms. The number of nitrogens with one attached hydrogen (secondary N) is 3. The zero-order valence-corrected chi connectivity index (χ0v) is 13.2. The third-order valence-corrected chi connectivity index (χ3v) is 3.08. The van der Waals surface area contributed by atoms with Crippen molar-refractivity contribution in [2.75, 3.05) is 27.2 Å². The molecule has 2 amide bonds. The lowest BCUT2D eigenvalue weighted by Gasteiger charge is -2.10. The number of imidazole rings is 1. The van der Waals surface area contributed by atoms with Crippen molar-refractivity contribution in [3.63, 3.8) is 0 Å². The molecule has 0 aliphatic heterocycles. The molecule has 8 heteroatoms. The van der Waals surface area contributed by atoms with Crippen molar-refractivity contribution in [3.05, 3.63) is 47.8 Å². The Bertz CT molecular complexity index is 653. The van der Waals surface area contributed by atoms with Crippen LogP contribution in [-0.2, 0) is 6.54 Å². The van der Waals surface area contributed by atoms with Crippen LogP contribution in [0.1, 0.15) is 26.7 Å². The van der Waals surface area contributed by atoms with Gasteiger partial charge in [-0.1, -0.05) is 6.07 Å². The number of amides is 2. The third-order valence-electron chi connectivity index (χ3n) is 3.08. The summed E-state index contributed by atoms with van der Waals surface area (Å²) in [5, 5.41) is 5.44. The number of hydrogen-bond acceptors (Lipinski definition) is 5. The minimum Gasteiger partial charge on any atom is -0.349 e. The minimum absolute atomic E-state index is 0.0854. The standard InChI is InChI=1S/C15H20N6O2/c1-21(2)8-7-17-14(22)12-13(20-10-19-12)15(23)18-9-11-5-3-4-6-16-11/h3-6,10H,7-9H2,1-2H3,(H,17,22)(H,18,23)(H,19,20). The average Bonchev–Trinajstić information content (AvgIpc) is 3.03. The van der Waals surface area contributed by atoms with Crippen molar-refractivity contribution < 1.29 is 9.59 Å². The van der Waals surface area contributed by atoms with E-state index < -0.39 is 5.91 Å². The highest BCUT2D eigenvalue weighted by atomic mass is 16.2. The number of aromatic amines is 1. The molecule has 0 spiro atoms. The van der Waals surface area contributed by atoms with E-state index in [4.69, 9.17) is 0 Å². The fourth-order valence-electron chi connectivity index (χ4n) is 1.88. The van der Waals surface area contributed by atoms with Gasteiger partial charge >= 0.3 is 0 Å². The normalized spacial score (nSPS) is 10.6. The molecule has 2 aromatic heterocycles. The molecule has 0 bridgehead atoms. The Morgan fingerprint density at radius 3 is 2.70 bits per heavy atom. The molecule has 0 aliphatic carbocycles. The largest absolute Gasteiger partial charge is 0.349 e. The number of aromatic nitrogens is 3. The molecule has 0 saturated carbocycles. The van der Waals surface area contributed by atoms with Gasteiger partial charge in [-0.2, -0.15) is 0 Å². The number of hydrogen-bond donors (Lipinski definition) is 3. The van der Waals surface area contributed by atoms with E-state index in [1.807, 2.05) is 31.1 Å². The van der Waals surface area contributed by atoms with Crippen LogP contribution in [-0.4, -0.2) is 58.9 Å². The smallest absolute Gasteiger partial charge is 0.272 e. The van der Waals surface area contributed by atoms with E-state index in [1.165, 1.54) is 6.33 Å². The molecule has 3 N–H and O–H groups in total. The molecule has 0 aliphatic rings. The summed E-state index contributed by atoms with van der Waals surface area (Å²) in [6.45, 7) is 1.46. The molecule has 122 valence electrons. The van der Waals surface area contributed by atoms with Crippen LogP contribution in [0.5, 0.6) is 0 Å². The summed E-state index contributed by atoms with van der Waals surface area (Å²) in [7, 11) is 3.83. The Balaban J connectivity index is 1.94. The van der Waals surface area contributed by atoms with E-state index in [0.717, 1.165) is 5.69 Å². The molecule has 0 radical (unpaired) electrons. The van der Waals surface area contributed by atoms with Crippen molar-refractivity contribution in [3.8, 4) is 0 Å². The molecular weight excluding hydrogens is 296 g/mol. The predicted molar refractivity (Wildman–Crippen MR) is 84.9 cm³/mol. The summed E-state index contributed by atoms with van der Waals surface area (Å²) < 4.78 is 0. The maximum atomic E-state index is 12.2. The van der Waals surface area contributed by atoms with Gasteiger partial charge in [-0.3, -0.25) is 14.6 Å². The van der Waals surface area contributed by atoms with Gasteiger partial charge in [-0.05, 0) is 26.2 Å². The Labute approximate surface area is 134 Å². The summed E-state index contributed by atoms with van der Waals surface area (Å²) in [5.41, 5.74) is 0.961. The molecule has 0 saturated heterocycles. The Morgan fingerprint density at radius 1 is 1.17 bits per heavy atom. The Kier molecular flexibility index (Phi) is 5.81. The fourth-order valence-corrected chi connectivity index (χ4v) is 1.88. The first kappa shape index (κ1) is 16.6. The Hall–Kier alpha value is -2.74. The van der Waals surface area contributed by atoms with Gasteiger partial charge < -0.3 is 20.5 Å². The summed E-state index contributed by atoms with van der Waals surface area (Å²) in [6.07, 6.45) is 2.98. The molecule has 0 fully saturated rings. The summed E-state index contributed by atoms with van der Waals surface area (Å²) >= 11 is 0. The first-order chi connectivity index (χ1) is 11.1. The zero-order valence-electron chi connectivity index (χ0n) is 13.2. The third kappa shape index (κ3) is 4.89. The van der Waals surface area contributed by atoms with Crippen molar-refractivity contribution in [2.24, 2.45) is 0 Å². The highest BCUT2D eigenvalue weighted by Crippen LogP contribution is 2.03. The van der Waals surface area contributed by atoms with Gasteiger partial charge in [0.1, 0.15) is 5.69 Å². The topological polar surface area (TPSA) is 103 Å². The van der Waals surface area contributed by atoms with Gasteiger partial charge in [-0.25, -0.2) is 4.98 Å². The lowest BCUT2D eigenvalue weighted by Crippen LogP contribution is -2.33. The van der Waals surface area contributed by atoms with E-state index in [9.17, 15) is 9.59 Å². The van der Waals surface area contributed by atoms with Crippen molar-refractivity contribution in [1.82, 2.24) is 30.5 Å². The van der Waals surface area contributed by atoms with Gasteiger partial charge in [-0.15, -0.1) is 0 Å². The van der Waals surface area contributed by atoms with Gasteiger partial charge in [0.2, 0.25) is 0 Å². The number of pyridine rings is 1. The summed E-state index contributed by atoms with van der Waals surface area (Å²) in [6, 6.07) is 5.45. The maximum absolute atomic E-state index is 12.2.